The van der Waals surface area contributed by atoms with Crippen molar-refractivity contribution in [3.8, 4) is 0 Å². The fourth-order valence-corrected chi connectivity index (χ4v) is 12.2. The summed E-state index contributed by atoms with van der Waals surface area (Å²) in [6.07, 6.45) is 45.9. The Morgan fingerprint density at radius 1 is 0.322 bits per heavy atom. The Bertz CT molecular complexity index is 1770. The smallest absolute Gasteiger partial charge is 0.462 e. The number of ether oxygens (including phenoxy) is 4. The van der Waals surface area contributed by atoms with E-state index in [1.165, 1.54) is 154 Å². The number of hydrogen-bond acceptors (Lipinski definition) is 15. The van der Waals surface area contributed by atoms with E-state index in [1.54, 1.807) is 0 Å². The second-order valence-corrected chi connectivity index (χ2v) is 29.5. The summed E-state index contributed by atoms with van der Waals surface area (Å²) in [6.45, 7) is 11.8. The van der Waals surface area contributed by atoms with E-state index < -0.39 is 97.5 Å². The molecular formula is C71H138O17P2. The fourth-order valence-electron chi connectivity index (χ4n) is 10.7. The molecule has 0 aromatic heterocycles. The van der Waals surface area contributed by atoms with Crippen molar-refractivity contribution in [2.75, 3.05) is 39.6 Å². The lowest BCUT2D eigenvalue weighted by molar-refractivity contribution is -0.161. The molecule has 0 aromatic carbocycles. The molecule has 0 amide bonds. The summed E-state index contributed by atoms with van der Waals surface area (Å²) >= 11 is 0. The first-order valence-corrected chi connectivity index (χ1v) is 39.9. The molecule has 0 aliphatic rings. The Balaban J connectivity index is 5.20. The zero-order valence-electron chi connectivity index (χ0n) is 58.6. The van der Waals surface area contributed by atoms with Crippen LogP contribution in [0.2, 0.25) is 0 Å². The van der Waals surface area contributed by atoms with E-state index in [1.807, 2.05) is 0 Å². The molecule has 0 saturated heterocycles. The molecule has 0 saturated carbocycles. The van der Waals surface area contributed by atoms with E-state index in [2.05, 4.69) is 48.5 Å². The van der Waals surface area contributed by atoms with Crippen LogP contribution in [0.15, 0.2) is 0 Å². The van der Waals surface area contributed by atoms with E-state index in [-0.39, 0.29) is 25.7 Å². The van der Waals surface area contributed by atoms with Crippen molar-refractivity contribution in [3.05, 3.63) is 0 Å². The highest BCUT2D eigenvalue weighted by Gasteiger charge is 2.30. The van der Waals surface area contributed by atoms with Crippen molar-refractivity contribution in [1.29, 1.82) is 0 Å². The lowest BCUT2D eigenvalue weighted by atomic mass is 9.99. The molecule has 3 N–H and O–H groups in total. The topological polar surface area (TPSA) is 237 Å². The van der Waals surface area contributed by atoms with Crippen LogP contribution in [0.1, 0.15) is 357 Å². The highest BCUT2D eigenvalue weighted by molar-refractivity contribution is 7.47. The number of carbonyl (C=O) groups is 4. The lowest BCUT2D eigenvalue weighted by Crippen LogP contribution is -2.30. The van der Waals surface area contributed by atoms with Gasteiger partial charge in [-0.15, -0.1) is 0 Å². The van der Waals surface area contributed by atoms with Crippen LogP contribution in [0.3, 0.4) is 0 Å². The van der Waals surface area contributed by atoms with E-state index in [4.69, 9.17) is 37.0 Å². The van der Waals surface area contributed by atoms with Gasteiger partial charge in [0.1, 0.15) is 19.3 Å². The van der Waals surface area contributed by atoms with Gasteiger partial charge in [-0.05, 0) is 43.4 Å². The first kappa shape index (κ1) is 88.1. The van der Waals surface area contributed by atoms with Crippen molar-refractivity contribution < 1.29 is 80.2 Å². The molecule has 0 aromatic rings. The molecule has 90 heavy (non-hydrogen) atoms. The highest BCUT2D eigenvalue weighted by Crippen LogP contribution is 2.45. The maximum Gasteiger partial charge on any atom is 0.472 e. The summed E-state index contributed by atoms with van der Waals surface area (Å²) in [5, 5.41) is 10.6. The predicted molar refractivity (Wildman–Crippen MR) is 363 cm³/mol. The van der Waals surface area contributed by atoms with E-state index in [9.17, 15) is 43.2 Å². The molecule has 0 radical (unpaired) electrons. The number of aliphatic hydroxyl groups is 1. The molecule has 17 nitrogen and oxygen atoms in total. The van der Waals surface area contributed by atoms with Crippen molar-refractivity contribution in [3.63, 3.8) is 0 Å². The Hall–Kier alpha value is -1.94. The van der Waals surface area contributed by atoms with Gasteiger partial charge < -0.3 is 33.8 Å². The fraction of sp³-hybridized carbons (Fsp3) is 0.944. The van der Waals surface area contributed by atoms with Crippen LogP contribution in [0.5, 0.6) is 0 Å². The normalized spacial score (nSPS) is 14.8. The molecule has 534 valence electrons. The Labute approximate surface area is 549 Å². The van der Waals surface area contributed by atoms with Crippen LogP contribution in [0, 0.1) is 17.8 Å². The number of carbonyl (C=O) groups excluding carboxylic acids is 4. The molecular weight excluding hydrogens is 1190 g/mol. The molecule has 19 heteroatoms. The van der Waals surface area contributed by atoms with Crippen molar-refractivity contribution >= 4 is 39.5 Å². The van der Waals surface area contributed by atoms with Gasteiger partial charge in [-0.1, -0.05) is 305 Å². The highest BCUT2D eigenvalue weighted by atomic mass is 31.2. The molecule has 0 heterocycles. The van der Waals surface area contributed by atoms with Crippen molar-refractivity contribution in [2.24, 2.45) is 17.8 Å². The first-order valence-electron chi connectivity index (χ1n) is 36.9. The van der Waals surface area contributed by atoms with Gasteiger partial charge >= 0.3 is 39.5 Å². The third-order valence-corrected chi connectivity index (χ3v) is 19.0. The second kappa shape index (κ2) is 61.9. The lowest BCUT2D eigenvalue weighted by Gasteiger charge is -2.21. The summed E-state index contributed by atoms with van der Waals surface area (Å²) in [7, 11) is -9.90. The van der Waals surface area contributed by atoms with Crippen molar-refractivity contribution in [2.45, 2.75) is 375 Å². The van der Waals surface area contributed by atoms with Crippen molar-refractivity contribution in [1.82, 2.24) is 0 Å². The van der Waals surface area contributed by atoms with Gasteiger partial charge in [0.05, 0.1) is 26.4 Å². The zero-order chi connectivity index (χ0) is 66.6. The minimum absolute atomic E-state index is 0.102. The third-order valence-electron chi connectivity index (χ3n) is 17.1. The Morgan fingerprint density at radius 3 is 0.844 bits per heavy atom. The second-order valence-electron chi connectivity index (χ2n) is 26.6. The van der Waals surface area contributed by atoms with Gasteiger partial charge in [-0.25, -0.2) is 9.13 Å². The van der Waals surface area contributed by atoms with Crippen LogP contribution in [-0.2, 0) is 65.4 Å². The summed E-state index contributed by atoms with van der Waals surface area (Å²) in [5.74, 6) is 0.216. The largest absolute Gasteiger partial charge is 0.472 e. The van der Waals surface area contributed by atoms with Crippen LogP contribution in [0.4, 0.5) is 0 Å². The zero-order valence-corrected chi connectivity index (χ0v) is 60.4. The average Bonchev–Trinajstić information content (AvgIpc) is 3.17. The Morgan fingerprint density at radius 2 is 0.567 bits per heavy atom. The van der Waals surface area contributed by atoms with Gasteiger partial charge in [0.25, 0.3) is 0 Å². The quantitative estimate of drug-likeness (QED) is 0.0222. The summed E-state index contributed by atoms with van der Waals surface area (Å²) in [4.78, 5) is 72.4. The molecule has 0 bridgehead atoms. The van der Waals surface area contributed by atoms with E-state index in [0.29, 0.717) is 25.7 Å². The monoisotopic (exact) mass is 1320 g/mol. The molecule has 4 unspecified atom stereocenters. The average molecular weight is 1330 g/mol. The number of unbranched alkanes of at least 4 members (excludes halogenated alkanes) is 35. The van der Waals surface area contributed by atoms with Gasteiger partial charge in [-0.2, -0.15) is 0 Å². The summed E-state index contributed by atoms with van der Waals surface area (Å²) < 4.78 is 68.2. The van der Waals surface area contributed by atoms with E-state index in [0.717, 1.165) is 120 Å². The minimum atomic E-state index is -4.95. The molecule has 7 atom stereocenters. The standard InChI is InChI=1S/C71H138O17P2/c1-8-11-12-13-28-38-45-52-68(73)81-58-67(88-71(76)55-48-41-34-33-37-44-51-64(7)10-3)61-86-90(79,80)84-57-65(72)56-83-89(77,78)85-60-66(59-82-69(74)53-46-39-31-26-22-19-18-20-24-29-35-42-49-62(4)5)87-70(75)54-47-40-32-27-23-17-15-14-16-21-25-30-36-43-50-63(6)9-2/h62-67,72H,8-61H2,1-7H3,(H,77,78)(H,79,80)/t63?,64?,65-,66-,67-/m1/s1. The number of rotatable bonds is 69. The number of hydrogen-bond donors (Lipinski definition) is 3. The molecule has 0 aliphatic carbocycles. The van der Waals surface area contributed by atoms with Gasteiger partial charge in [-0.3, -0.25) is 37.3 Å². The SMILES string of the molecule is CCCCCCCCCC(=O)OC[C@H](COP(=O)(O)OC[C@H](O)COP(=O)(O)OC[C@@H](COC(=O)CCCCCCCCCCCCCCC(C)C)OC(=O)CCCCCCCCCCCCCCCCC(C)CC)OC(=O)CCCCCCCCC(C)CC. The van der Waals surface area contributed by atoms with Crippen LogP contribution >= 0.6 is 15.6 Å². The first-order chi connectivity index (χ1) is 43.3. The number of phosphoric acid groups is 2. The number of esters is 4. The van der Waals surface area contributed by atoms with Crippen LogP contribution < -0.4 is 0 Å². The van der Waals surface area contributed by atoms with Crippen LogP contribution in [-0.4, -0.2) is 96.7 Å². The number of phosphoric ester groups is 2. The van der Waals surface area contributed by atoms with Gasteiger partial charge in [0.15, 0.2) is 12.2 Å². The predicted octanol–water partition coefficient (Wildman–Crippen LogP) is 20.2. The molecule has 0 rings (SSSR count). The van der Waals surface area contributed by atoms with Gasteiger partial charge in [0, 0.05) is 25.7 Å². The van der Waals surface area contributed by atoms with Gasteiger partial charge in [0.2, 0.25) is 0 Å². The summed E-state index contributed by atoms with van der Waals surface area (Å²) in [6, 6.07) is 0. The number of aliphatic hydroxyl groups excluding tert-OH is 1. The minimum Gasteiger partial charge on any atom is -0.462 e. The van der Waals surface area contributed by atoms with E-state index >= 15 is 0 Å². The molecule has 0 spiro atoms. The Kier molecular flexibility index (Phi) is 60.6. The molecule has 0 aliphatic heterocycles. The third kappa shape index (κ3) is 62.2. The molecule has 0 fully saturated rings. The maximum absolute atomic E-state index is 13.0. The summed E-state index contributed by atoms with van der Waals surface area (Å²) in [5.41, 5.74) is 0. The maximum atomic E-state index is 13.0. The van der Waals surface area contributed by atoms with Crippen LogP contribution in [0.25, 0.3) is 0 Å².